The first-order valence-corrected chi connectivity index (χ1v) is 9.79. The molecule has 0 unspecified atom stereocenters. The minimum atomic E-state index is 0.582. The van der Waals surface area contributed by atoms with Gasteiger partial charge < -0.3 is 4.42 Å². The van der Waals surface area contributed by atoms with E-state index in [1.165, 1.54) is 5.56 Å². The van der Waals surface area contributed by atoms with E-state index in [0.717, 1.165) is 27.9 Å². The van der Waals surface area contributed by atoms with E-state index in [-0.39, 0.29) is 0 Å². The maximum Gasteiger partial charge on any atom is 0.226 e. The maximum absolute atomic E-state index is 5.93. The van der Waals surface area contributed by atoms with Crippen LogP contribution in [-0.2, 0) is 5.75 Å². The van der Waals surface area contributed by atoms with Crippen molar-refractivity contribution in [3.05, 3.63) is 76.9 Å². The summed E-state index contributed by atoms with van der Waals surface area (Å²) in [6, 6.07) is 15.7. The zero-order valence-corrected chi connectivity index (χ0v) is 16.5. The van der Waals surface area contributed by atoms with Crippen molar-refractivity contribution in [2.75, 3.05) is 0 Å². The summed E-state index contributed by atoms with van der Waals surface area (Å²) in [7, 11) is 0. The molecule has 0 aliphatic carbocycles. The van der Waals surface area contributed by atoms with Crippen molar-refractivity contribution in [1.82, 2.24) is 19.7 Å². The third kappa shape index (κ3) is 3.91. The van der Waals surface area contributed by atoms with E-state index < -0.39 is 0 Å². The fraction of sp³-hybridized carbons (Fsp3) is 0.150. The normalized spacial score (nSPS) is 11.1. The second-order valence-corrected chi connectivity index (χ2v) is 7.52. The molecule has 0 N–H and O–H groups in total. The van der Waals surface area contributed by atoms with Gasteiger partial charge in [-0.15, -0.1) is 10.2 Å². The van der Waals surface area contributed by atoms with Crippen LogP contribution in [0, 0.1) is 13.8 Å². The zero-order valence-electron chi connectivity index (χ0n) is 14.9. The van der Waals surface area contributed by atoms with Crippen LogP contribution >= 0.6 is 23.4 Å². The molecule has 27 heavy (non-hydrogen) atoms. The zero-order chi connectivity index (χ0) is 18.8. The number of thioether (sulfide) groups is 1. The average Bonchev–Trinajstić information content (AvgIpc) is 3.27. The molecular formula is C20H17ClN4OS. The van der Waals surface area contributed by atoms with E-state index in [1.807, 2.05) is 37.3 Å². The number of hydrogen-bond donors (Lipinski definition) is 0. The third-order valence-corrected chi connectivity index (χ3v) is 5.26. The quantitative estimate of drug-likeness (QED) is 0.418. The number of oxazole rings is 1. The van der Waals surface area contributed by atoms with Gasteiger partial charge in [-0.3, -0.25) is 4.57 Å². The summed E-state index contributed by atoms with van der Waals surface area (Å²) >= 11 is 7.51. The van der Waals surface area contributed by atoms with Crippen molar-refractivity contribution in [1.29, 1.82) is 0 Å². The van der Waals surface area contributed by atoms with Gasteiger partial charge in [0, 0.05) is 22.0 Å². The predicted molar refractivity (Wildman–Crippen MR) is 107 cm³/mol. The molecule has 0 fully saturated rings. The van der Waals surface area contributed by atoms with Gasteiger partial charge in [0.05, 0.1) is 5.69 Å². The molecule has 2 aromatic carbocycles. The molecule has 2 heterocycles. The van der Waals surface area contributed by atoms with Gasteiger partial charge in [0.25, 0.3) is 0 Å². The highest BCUT2D eigenvalue weighted by Crippen LogP contribution is 2.27. The molecule has 4 aromatic rings. The van der Waals surface area contributed by atoms with Crippen molar-refractivity contribution < 1.29 is 4.42 Å². The number of rotatable bonds is 5. The molecule has 0 aliphatic heterocycles. The van der Waals surface area contributed by atoms with Crippen molar-refractivity contribution in [2.24, 2.45) is 0 Å². The second-order valence-electron chi connectivity index (χ2n) is 6.14. The average molecular weight is 397 g/mol. The standard InChI is InChI=1S/C20H17ClN4OS/c1-13-4-3-5-18(10-13)25-14(2)23-24-20(25)27-12-17-11-26-19(22-17)15-6-8-16(21)9-7-15/h3-11H,12H2,1-2H3. The molecule has 0 saturated heterocycles. The molecule has 0 aliphatic rings. The Morgan fingerprint density at radius 3 is 2.67 bits per heavy atom. The van der Waals surface area contributed by atoms with Crippen LogP contribution in [0.4, 0.5) is 0 Å². The van der Waals surface area contributed by atoms with Gasteiger partial charge in [-0.1, -0.05) is 35.5 Å². The highest BCUT2D eigenvalue weighted by atomic mass is 35.5. The molecule has 136 valence electrons. The fourth-order valence-electron chi connectivity index (χ4n) is 2.74. The minimum absolute atomic E-state index is 0.582. The van der Waals surface area contributed by atoms with E-state index >= 15 is 0 Å². The Hall–Kier alpha value is -2.57. The molecule has 4 rings (SSSR count). The van der Waals surface area contributed by atoms with Gasteiger partial charge >= 0.3 is 0 Å². The first kappa shape index (κ1) is 17.8. The first-order valence-electron chi connectivity index (χ1n) is 8.42. The van der Waals surface area contributed by atoms with Crippen LogP contribution in [0.15, 0.2) is 64.4 Å². The third-order valence-electron chi connectivity index (χ3n) is 4.05. The topological polar surface area (TPSA) is 56.7 Å². The van der Waals surface area contributed by atoms with E-state index in [9.17, 15) is 0 Å². The summed E-state index contributed by atoms with van der Waals surface area (Å²) in [5.41, 5.74) is 4.00. The predicted octanol–water partition coefficient (Wildman–Crippen LogP) is 5.48. The lowest BCUT2D eigenvalue weighted by molar-refractivity contribution is 0.573. The number of hydrogen-bond acceptors (Lipinski definition) is 5. The van der Waals surface area contributed by atoms with Crippen molar-refractivity contribution in [2.45, 2.75) is 24.8 Å². The van der Waals surface area contributed by atoms with Crippen LogP contribution < -0.4 is 0 Å². The lowest BCUT2D eigenvalue weighted by Gasteiger charge is -2.08. The first-order chi connectivity index (χ1) is 13.1. The van der Waals surface area contributed by atoms with Crippen LogP contribution in [0.3, 0.4) is 0 Å². The van der Waals surface area contributed by atoms with Crippen molar-refractivity contribution in [3.63, 3.8) is 0 Å². The molecule has 0 atom stereocenters. The Kier molecular flexibility index (Phi) is 5.01. The molecular weight excluding hydrogens is 380 g/mol. The molecule has 0 bridgehead atoms. The molecule has 0 radical (unpaired) electrons. The van der Waals surface area contributed by atoms with Crippen molar-refractivity contribution >= 4 is 23.4 Å². The molecule has 0 amide bonds. The monoisotopic (exact) mass is 396 g/mol. The Labute approximate surface area is 166 Å². The lowest BCUT2D eigenvalue weighted by Crippen LogP contribution is -1.99. The van der Waals surface area contributed by atoms with E-state index in [0.29, 0.717) is 16.7 Å². The number of aryl methyl sites for hydroxylation is 2. The van der Waals surface area contributed by atoms with Gasteiger partial charge in [0.15, 0.2) is 5.16 Å². The summed E-state index contributed by atoms with van der Waals surface area (Å²) in [5.74, 6) is 2.07. The summed E-state index contributed by atoms with van der Waals surface area (Å²) < 4.78 is 7.66. The highest BCUT2D eigenvalue weighted by molar-refractivity contribution is 7.98. The van der Waals surface area contributed by atoms with Crippen LogP contribution in [0.5, 0.6) is 0 Å². The molecule has 0 saturated carbocycles. The van der Waals surface area contributed by atoms with E-state index in [1.54, 1.807) is 18.0 Å². The number of nitrogens with zero attached hydrogens (tertiary/aromatic N) is 4. The van der Waals surface area contributed by atoms with Crippen molar-refractivity contribution in [3.8, 4) is 17.1 Å². The number of benzene rings is 2. The number of halogens is 1. The van der Waals surface area contributed by atoms with Crippen LogP contribution in [0.1, 0.15) is 17.1 Å². The largest absolute Gasteiger partial charge is 0.444 e. The van der Waals surface area contributed by atoms with E-state index in [4.69, 9.17) is 16.0 Å². The Morgan fingerprint density at radius 2 is 1.89 bits per heavy atom. The van der Waals surface area contributed by atoms with Crippen LogP contribution in [0.2, 0.25) is 5.02 Å². The minimum Gasteiger partial charge on any atom is -0.444 e. The molecule has 7 heteroatoms. The summed E-state index contributed by atoms with van der Waals surface area (Å²) in [6.45, 7) is 4.03. The molecule has 2 aromatic heterocycles. The van der Waals surface area contributed by atoms with Crippen LogP contribution in [0.25, 0.3) is 17.1 Å². The molecule has 5 nitrogen and oxygen atoms in total. The van der Waals surface area contributed by atoms with Gasteiger partial charge in [0.2, 0.25) is 5.89 Å². The smallest absolute Gasteiger partial charge is 0.226 e. The fourth-order valence-corrected chi connectivity index (χ4v) is 3.74. The molecule has 0 spiro atoms. The van der Waals surface area contributed by atoms with Gasteiger partial charge in [0.1, 0.15) is 12.1 Å². The summed E-state index contributed by atoms with van der Waals surface area (Å²) in [5, 5.41) is 10.1. The Balaban J connectivity index is 1.53. The van der Waals surface area contributed by atoms with E-state index in [2.05, 4.69) is 44.9 Å². The van der Waals surface area contributed by atoms with Gasteiger partial charge in [-0.2, -0.15) is 0 Å². The summed E-state index contributed by atoms with van der Waals surface area (Å²) in [4.78, 5) is 4.56. The maximum atomic E-state index is 5.93. The second kappa shape index (κ2) is 7.58. The highest BCUT2D eigenvalue weighted by Gasteiger charge is 2.13. The van der Waals surface area contributed by atoms with Gasteiger partial charge in [-0.25, -0.2) is 4.98 Å². The SMILES string of the molecule is Cc1cccc(-n2c(C)nnc2SCc2coc(-c3ccc(Cl)cc3)n2)c1. The van der Waals surface area contributed by atoms with Gasteiger partial charge in [-0.05, 0) is 55.8 Å². The lowest BCUT2D eigenvalue weighted by atomic mass is 10.2. The van der Waals surface area contributed by atoms with Crippen LogP contribution in [-0.4, -0.2) is 19.7 Å². The Bertz CT molecular complexity index is 1070. The number of aromatic nitrogens is 4. The Morgan fingerprint density at radius 1 is 1.07 bits per heavy atom. The summed E-state index contributed by atoms with van der Waals surface area (Å²) in [6.07, 6.45) is 1.68.